The van der Waals surface area contributed by atoms with Crippen LogP contribution in [0.25, 0.3) is 0 Å². The minimum atomic E-state index is -4.35. The van der Waals surface area contributed by atoms with Gasteiger partial charge in [-0.2, -0.15) is 13.2 Å². The van der Waals surface area contributed by atoms with Crippen LogP contribution in [-0.4, -0.2) is 14.9 Å². The van der Waals surface area contributed by atoms with Gasteiger partial charge < -0.3 is 5.32 Å². The molecule has 1 nitrogen and oxygen atoms in total. The average molecular weight is 185 g/mol. The molecule has 0 aliphatic carbocycles. The zero-order chi connectivity index (χ0) is 10.1. The van der Waals surface area contributed by atoms with E-state index in [2.05, 4.69) is 5.32 Å². The third-order valence-corrected chi connectivity index (χ3v) is 1.57. The fourth-order valence-electron chi connectivity index (χ4n) is 0.960. The number of hydrogen-bond acceptors (Lipinski definition) is 1. The number of nitrogens with one attached hydrogen (secondary N) is 1. The van der Waals surface area contributed by atoms with Gasteiger partial charge in [0.25, 0.3) is 0 Å². The Labute approximate surface area is 75.4 Å². The molecule has 0 bridgehead atoms. The number of rotatable bonds is 1. The number of anilines is 1. The molecule has 0 aliphatic rings. The molecule has 1 aromatic rings. The number of halogens is 3. The first-order valence-corrected chi connectivity index (χ1v) is 3.59. The van der Waals surface area contributed by atoms with Crippen LogP contribution in [0, 0.1) is 0 Å². The smallest absolute Gasteiger partial charge is 0.388 e. The minimum Gasteiger partial charge on any atom is -0.388 e. The van der Waals surface area contributed by atoms with E-state index in [0.29, 0.717) is 5.69 Å². The van der Waals surface area contributed by atoms with Crippen molar-refractivity contribution in [2.75, 3.05) is 12.4 Å². The fourth-order valence-corrected chi connectivity index (χ4v) is 0.960. The molecule has 1 aromatic carbocycles. The van der Waals surface area contributed by atoms with Gasteiger partial charge in [0.15, 0.2) is 0 Å². The van der Waals surface area contributed by atoms with Crippen molar-refractivity contribution in [3.8, 4) is 0 Å². The number of benzene rings is 1. The van der Waals surface area contributed by atoms with E-state index in [1.165, 1.54) is 13.1 Å². The molecule has 68 valence electrons. The summed E-state index contributed by atoms with van der Waals surface area (Å²) < 4.78 is 36.6. The fraction of sp³-hybridized carbons (Fsp3) is 0.250. The lowest BCUT2D eigenvalue weighted by molar-refractivity contribution is -0.137. The highest BCUT2D eigenvalue weighted by Crippen LogP contribution is 2.29. The van der Waals surface area contributed by atoms with Gasteiger partial charge in [-0.3, -0.25) is 0 Å². The van der Waals surface area contributed by atoms with Crippen molar-refractivity contribution in [3.63, 3.8) is 0 Å². The van der Waals surface area contributed by atoms with Gasteiger partial charge in [0.2, 0.25) is 0 Å². The molecule has 0 saturated heterocycles. The Morgan fingerprint density at radius 3 is 2.31 bits per heavy atom. The van der Waals surface area contributed by atoms with E-state index < -0.39 is 11.7 Å². The maximum Gasteiger partial charge on any atom is 0.416 e. The zero-order valence-corrected chi connectivity index (χ0v) is 6.94. The lowest BCUT2D eigenvalue weighted by atomic mass is 9.93. The summed E-state index contributed by atoms with van der Waals surface area (Å²) in [7, 11) is 6.83. The summed E-state index contributed by atoms with van der Waals surface area (Å²) in [6, 6.07) is 3.35. The molecule has 0 spiro atoms. The Morgan fingerprint density at radius 2 is 1.85 bits per heavy atom. The van der Waals surface area contributed by atoms with Gasteiger partial charge in [-0.1, -0.05) is 11.5 Å². The summed E-state index contributed by atoms with van der Waals surface area (Å²) in [6.07, 6.45) is -4.35. The predicted molar refractivity (Wildman–Crippen MR) is 46.4 cm³/mol. The topological polar surface area (TPSA) is 12.0 Å². The van der Waals surface area contributed by atoms with Crippen LogP contribution in [0.3, 0.4) is 0 Å². The van der Waals surface area contributed by atoms with Crippen LogP contribution in [0.4, 0.5) is 18.9 Å². The van der Waals surface area contributed by atoms with Gasteiger partial charge in [-0.15, -0.1) is 0 Å². The molecule has 0 aliphatic heterocycles. The molecule has 0 aromatic heterocycles. The second-order valence-corrected chi connectivity index (χ2v) is 2.59. The van der Waals surface area contributed by atoms with E-state index in [-0.39, 0.29) is 5.46 Å². The van der Waals surface area contributed by atoms with Crippen molar-refractivity contribution in [1.82, 2.24) is 0 Å². The van der Waals surface area contributed by atoms with Gasteiger partial charge >= 0.3 is 6.18 Å². The first-order chi connectivity index (χ1) is 5.93. The summed E-state index contributed by atoms with van der Waals surface area (Å²) >= 11 is 0. The van der Waals surface area contributed by atoms with Crippen molar-refractivity contribution in [2.24, 2.45) is 0 Å². The highest BCUT2D eigenvalue weighted by molar-refractivity contribution is 6.32. The molecule has 1 N–H and O–H groups in total. The summed E-state index contributed by atoms with van der Waals surface area (Å²) in [5.41, 5.74) is -0.289. The zero-order valence-electron chi connectivity index (χ0n) is 6.94. The Hall–Kier alpha value is -1.13. The molecule has 2 radical (unpaired) electrons. The lowest BCUT2D eigenvalue weighted by Crippen LogP contribution is -2.12. The molecular weight excluding hydrogens is 178 g/mol. The monoisotopic (exact) mass is 185 g/mol. The van der Waals surface area contributed by atoms with E-state index in [9.17, 15) is 13.2 Å². The molecule has 0 unspecified atom stereocenters. The Bertz CT molecular complexity index is 309. The first-order valence-electron chi connectivity index (χ1n) is 3.59. The second-order valence-electron chi connectivity index (χ2n) is 2.59. The molecule has 1 rings (SSSR count). The van der Waals surface area contributed by atoms with Crippen LogP contribution in [0.1, 0.15) is 5.56 Å². The van der Waals surface area contributed by atoms with Crippen LogP contribution in [-0.2, 0) is 6.18 Å². The van der Waals surface area contributed by atoms with Crippen molar-refractivity contribution in [2.45, 2.75) is 6.18 Å². The average Bonchev–Trinajstić information content (AvgIpc) is 2.01. The van der Waals surface area contributed by atoms with Crippen LogP contribution in [0.2, 0.25) is 0 Å². The van der Waals surface area contributed by atoms with Crippen molar-refractivity contribution >= 4 is 19.0 Å². The molecule has 0 fully saturated rings. The van der Waals surface area contributed by atoms with Gasteiger partial charge in [-0.25, -0.2) is 0 Å². The van der Waals surface area contributed by atoms with Crippen molar-refractivity contribution < 1.29 is 13.2 Å². The standard InChI is InChI=1S/C8H7BF3N/c1-13-7-3-5(8(10,11)12)2-6(9)4-7/h2-4,13H,1H3. The molecule has 0 atom stereocenters. The Kier molecular flexibility index (Phi) is 2.54. The summed E-state index contributed by atoms with van der Waals surface area (Å²) in [4.78, 5) is 0. The molecule has 0 heterocycles. The summed E-state index contributed by atoms with van der Waals surface area (Å²) in [5, 5.41) is 2.60. The third-order valence-electron chi connectivity index (χ3n) is 1.57. The molecular formula is C8H7BF3N. The predicted octanol–water partition coefficient (Wildman–Crippen LogP) is 1.54. The van der Waals surface area contributed by atoms with Crippen LogP contribution >= 0.6 is 0 Å². The molecule has 5 heteroatoms. The minimum absolute atomic E-state index is 0.0965. The first kappa shape index (κ1) is 9.96. The van der Waals surface area contributed by atoms with Crippen LogP contribution in [0.5, 0.6) is 0 Å². The normalized spacial score (nSPS) is 11.4. The van der Waals surface area contributed by atoms with E-state index in [0.717, 1.165) is 12.1 Å². The maximum absolute atomic E-state index is 12.2. The second kappa shape index (κ2) is 3.32. The molecule has 0 amide bonds. The summed E-state index contributed by atoms with van der Waals surface area (Å²) in [6.45, 7) is 0. The maximum atomic E-state index is 12.2. The van der Waals surface area contributed by atoms with E-state index in [4.69, 9.17) is 7.85 Å². The van der Waals surface area contributed by atoms with Crippen LogP contribution < -0.4 is 10.8 Å². The van der Waals surface area contributed by atoms with E-state index in [1.54, 1.807) is 0 Å². The van der Waals surface area contributed by atoms with E-state index >= 15 is 0 Å². The molecule has 0 saturated carbocycles. The Morgan fingerprint density at radius 1 is 1.23 bits per heavy atom. The van der Waals surface area contributed by atoms with Crippen molar-refractivity contribution in [3.05, 3.63) is 23.8 Å². The SMILES string of the molecule is [B]c1cc(NC)cc(C(F)(F)F)c1. The van der Waals surface area contributed by atoms with E-state index in [1.807, 2.05) is 0 Å². The highest BCUT2D eigenvalue weighted by atomic mass is 19.4. The number of alkyl halides is 3. The van der Waals surface area contributed by atoms with Gasteiger partial charge in [0.1, 0.15) is 7.85 Å². The quantitative estimate of drug-likeness (QED) is 0.654. The number of hydrogen-bond donors (Lipinski definition) is 1. The molecule has 13 heavy (non-hydrogen) atoms. The Balaban J connectivity index is 3.16. The van der Waals surface area contributed by atoms with Crippen molar-refractivity contribution in [1.29, 1.82) is 0 Å². The van der Waals surface area contributed by atoms with Gasteiger partial charge in [0, 0.05) is 12.7 Å². The highest BCUT2D eigenvalue weighted by Gasteiger charge is 2.30. The van der Waals surface area contributed by atoms with Gasteiger partial charge in [-0.05, 0) is 12.1 Å². The summed E-state index contributed by atoms with van der Waals surface area (Å²) in [5.74, 6) is 0. The lowest BCUT2D eigenvalue weighted by Gasteiger charge is -2.10. The van der Waals surface area contributed by atoms with Gasteiger partial charge in [0.05, 0.1) is 5.56 Å². The van der Waals surface area contributed by atoms with Crippen LogP contribution in [0.15, 0.2) is 18.2 Å². The largest absolute Gasteiger partial charge is 0.416 e. The third kappa shape index (κ3) is 2.40.